The molecule has 0 saturated carbocycles. The van der Waals surface area contributed by atoms with Crippen LogP contribution in [0.4, 0.5) is 22.0 Å². The molecule has 32 heavy (non-hydrogen) atoms. The molecule has 0 saturated heterocycles. The van der Waals surface area contributed by atoms with Crippen molar-refractivity contribution in [3.63, 3.8) is 0 Å². The van der Waals surface area contributed by atoms with Crippen molar-refractivity contribution >= 4 is 11.8 Å². The number of carbonyl (C=O) groups is 1. The van der Waals surface area contributed by atoms with Crippen LogP contribution in [0.3, 0.4) is 0 Å². The standard InChI is InChI=1S/C21H17F5N2O4/c1-2-13-18(10-3-5-11(6-4-10)21(24,25)26)28-20(32-13)15(9-29)31-14-8-7-12(22)16(17(14)23)19(27)30/h2-8,13,15,18,29H,1,9H2,(H2,27,30). The summed E-state index contributed by atoms with van der Waals surface area (Å²) in [6.45, 7) is 2.85. The normalized spacial score (nSPS) is 19.1. The van der Waals surface area contributed by atoms with E-state index in [9.17, 15) is 31.9 Å². The van der Waals surface area contributed by atoms with Crippen LogP contribution in [0.25, 0.3) is 0 Å². The molecule has 0 spiro atoms. The van der Waals surface area contributed by atoms with Gasteiger partial charge in [-0.2, -0.15) is 13.2 Å². The zero-order chi connectivity index (χ0) is 23.6. The molecule has 170 valence electrons. The maximum Gasteiger partial charge on any atom is 0.416 e. The highest BCUT2D eigenvalue weighted by Crippen LogP contribution is 2.35. The van der Waals surface area contributed by atoms with Gasteiger partial charge in [-0.25, -0.2) is 13.8 Å². The number of nitrogens with two attached hydrogens (primary N) is 1. The van der Waals surface area contributed by atoms with Crippen LogP contribution in [0.5, 0.6) is 5.75 Å². The van der Waals surface area contributed by atoms with Crippen LogP contribution >= 0.6 is 0 Å². The third-order valence-corrected chi connectivity index (χ3v) is 4.66. The van der Waals surface area contributed by atoms with E-state index in [1.165, 1.54) is 18.2 Å². The molecule has 3 N–H and O–H groups in total. The molecule has 0 fully saturated rings. The van der Waals surface area contributed by atoms with Gasteiger partial charge in [-0.3, -0.25) is 4.79 Å². The third kappa shape index (κ3) is 4.57. The first kappa shape index (κ1) is 23.2. The molecule has 3 unspecified atom stereocenters. The molecule has 1 amide bonds. The summed E-state index contributed by atoms with van der Waals surface area (Å²) < 4.78 is 77.4. The molecule has 11 heteroatoms. The quantitative estimate of drug-likeness (QED) is 0.492. The number of amides is 1. The smallest absolute Gasteiger partial charge is 0.416 e. The lowest BCUT2D eigenvalue weighted by atomic mass is 10.0. The van der Waals surface area contributed by atoms with Crippen molar-refractivity contribution in [3.05, 3.63) is 77.4 Å². The van der Waals surface area contributed by atoms with Crippen LogP contribution < -0.4 is 10.5 Å². The molecule has 1 aliphatic heterocycles. The molecule has 0 bridgehead atoms. The second kappa shape index (κ2) is 8.95. The second-order valence-electron chi connectivity index (χ2n) is 6.74. The third-order valence-electron chi connectivity index (χ3n) is 4.66. The number of hydrogen-bond acceptors (Lipinski definition) is 5. The minimum atomic E-state index is -4.50. The maximum absolute atomic E-state index is 14.5. The molecule has 1 heterocycles. The fourth-order valence-corrected chi connectivity index (χ4v) is 3.08. The SMILES string of the molecule is C=CC1OC(C(CO)Oc2ccc(F)c(C(N)=O)c2F)=NC1c1ccc(C(F)(F)F)cc1. The minimum Gasteiger partial charge on any atom is -0.475 e. The number of aliphatic imine (C=N–C) groups is 1. The summed E-state index contributed by atoms with van der Waals surface area (Å²) in [5.74, 6) is -4.68. The van der Waals surface area contributed by atoms with E-state index in [0.29, 0.717) is 5.56 Å². The van der Waals surface area contributed by atoms with Gasteiger partial charge in [0.2, 0.25) is 5.90 Å². The summed E-state index contributed by atoms with van der Waals surface area (Å²) in [7, 11) is 0. The summed E-state index contributed by atoms with van der Waals surface area (Å²) in [5.41, 5.74) is 3.49. The van der Waals surface area contributed by atoms with Gasteiger partial charge >= 0.3 is 6.18 Å². The van der Waals surface area contributed by atoms with E-state index >= 15 is 0 Å². The largest absolute Gasteiger partial charge is 0.475 e. The molecule has 0 aromatic heterocycles. The number of rotatable bonds is 7. The number of halogens is 5. The average Bonchev–Trinajstić information content (AvgIpc) is 3.17. The van der Waals surface area contributed by atoms with Gasteiger partial charge in [0, 0.05) is 0 Å². The Morgan fingerprint density at radius 1 is 1.25 bits per heavy atom. The Balaban J connectivity index is 1.89. The van der Waals surface area contributed by atoms with Gasteiger partial charge in [-0.05, 0) is 35.9 Å². The first-order valence-electron chi connectivity index (χ1n) is 9.16. The van der Waals surface area contributed by atoms with Crippen LogP contribution in [-0.4, -0.2) is 35.7 Å². The van der Waals surface area contributed by atoms with Gasteiger partial charge in [0.1, 0.15) is 23.5 Å². The summed E-state index contributed by atoms with van der Waals surface area (Å²) in [6, 6.07) is 5.10. The molecule has 0 aliphatic carbocycles. The van der Waals surface area contributed by atoms with Crippen molar-refractivity contribution in [2.24, 2.45) is 10.7 Å². The van der Waals surface area contributed by atoms with E-state index in [1.54, 1.807) is 0 Å². The van der Waals surface area contributed by atoms with Crippen molar-refractivity contribution in [1.82, 2.24) is 0 Å². The molecule has 2 aromatic rings. The number of nitrogens with zero attached hydrogens (tertiary/aromatic N) is 1. The van der Waals surface area contributed by atoms with Gasteiger partial charge in [0.25, 0.3) is 5.91 Å². The number of hydrogen-bond donors (Lipinski definition) is 2. The molecular formula is C21H17F5N2O4. The van der Waals surface area contributed by atoms with Crippen molar-refractivity contribution in [2.75, 3.05) is 6.61 Å². The van der Waals surface area contributed by atoms with Gasteiger partial charge in [-0.15, -0.1) is 0 Å². The number of aliphatic hydroxyl groups is 1. The van der Waals surface area contributed by atoms with Crippen molar-refractivity contribution in [1.29, 1.82) is 0 Å². The minimum absolute atomic E-state index is 0.188. The van der Waals surface area contributed by atoms with Gasteiger partial charge < -0.3 is 20.3 Å². The predicted molar refractivity (Wildman–Crippen MR) is 103 cm³/mol. The van der Waals surface area contributed by atoms with E-state index in [1.807, 2.05) is 0 Å². The topological polar surface area (TPSA) is 94.1 Å². The lowest BCUT2D eigenvalue weighted by Gasteiger charge is -2.19. The Labute approximate surface area is 178 Å². The Kier molecular flexibility index (Phi) is 6.49. The van der Waals surface area contributed by atoms with Crippen molar-refractivity contribution in [3.8, 4) is 5.75 Å². The number of primary amides is 1. The molecule has 2 aromatic carbocycles. The molecule has 3 rings (SSSR count). The summed E-state index contributed by atoms with van der Waals surface area (Å²) in [6.07, 6.45) is -5.32. The van der Waals surface area contributed by atoms with Crippen LogP contribution in [0.1, 0.15) is 27.5 Å². The van der Waals surface area contributed by atoms with Crippen LogP contribution in [0, 0.1) is 11.6 Å². The first-order chi connectivity index (χ1) is 15.1. The van der Waals surface area contributed by atoms with Crippen LogP contribution in [0.15, 0.2) is 54.0 Å². The highest BCUT2D eigenvalue weighted by atomic mass is 19.4. The van der Waals surface area contributed by atoms with E-state index < -0.39 is 65.5 Å². The molecular weight excluding hydrogens is 439 g/mol. The van der Waals surface area contributed by atoms with Gasteiger partial charge in [0.15, 0.2) is 17.7 Å². The molecule has 0 radical (unpaired) electrons. The molecule has 3 atom stereocenters. The second-order valence-corrected chi connectivity index (χ2v) is 6.74. The van der Waals surface area contributed by atoms with Gasteiger partial charge in [-0.1, -0.05) is 18.7 Å². The first-order valence-corrected chi connectivity index (χ1v) is 9.16. The summed E-state index contributed by atoms with van der Waals surface area (Å²) in [5, 5.41) is 9.69. The number of ether oxygens (including phenoxy) is 2. The Bertz CT molecular complexity index is 1050. The van der Waals surface area contributed by atoms with E-state index in [-0.39, 0.29) is 5.90 Å². The number of benzene rings is 2. The van der Waals surface area contributed by atoms with Crippen LogP contribution in [-0.2, 0) is 10.9 Å². The van der Waals surface area contributed by atoms with E-state index in [0.717, 1.165) is 24.3 Å². The Hall–Kier alpha value is -3.47. The summed E-state index contributed by atoms with van der Waals surface area (Å²) >= 11 is 0. The van der Waals surface area contributed by atoms with Crippen molar-refractivity contribution in [2.45, 2.75) is 24.4 Å². The zero-order valence-corrected chi connectivity index (χ0v) is 16.3. The molecule has 1 aliphatic rings. The molecule has 6 nitrogen and oxygen atoms in total. The lowest BCUT2D eigenvalue weighted by Crippen LogP contribution is -2.33. The highest BCUT2D eigenvalue weighted by molar-refractivity contribution is 5.94. The summed E-state index contributed by atoms with van der Waals surface area (Å²) in [4.78, 5) is 15.5. The van der Waals surface area contributed by atoms with Crippen molar-refractivity contribution < 1.29 is 41.3 Å². The van der Waals surface area contributed by atoms with E-state index in [2.05, 4.69) is 11.6 Å². The predicted octanol–water partition coefficient (Wildman–Crippen LogP) is 3.55. The highest BCUT2D eigenvalue weighted by Gasteiger charge is 2.36. The van der Waals surface area contributed by atoms with E-state index in [4.69, 9.17) is 15.2 Å². The van der Waals surface area contributed by atoms with Gasteiger partial charge in [0.05, 0.1) is 12.2 Å². The monoisotopic (exact) mass is 456 g/mol. The lowest BCUT2D eigenvalue weighted by molar-refractivity contribution is -0.137. The number of carbonyl (C=O) groups excluding carboxylic acids is 1. The zero-order valence-electron chi connectivity index (χ0n) is 16.3. The average molecular weight is 456 g/mol. The maximum atomic E-state index is 14.5. The Morgan fingerprint density at radius 2 is 1.91 bits per heavy atom. The van der Waals surface area contributed by atoms with Crippen LogP contribution in [0.2, 0.25) is 0 Å². The number of alkyl halides is 3. The number of aliphatic hydroxyl groups excluding tert-OH is 1. The fraction of sp³-hybridized carbons (Fsp3) is 0.238. The fourth-order valence-electron chi connectivity index (χ4n) is 3.08. The Morgan fingerprint density at radius 3 is 2.44 bits per heavy atom.